The molecule has 2 rings (SSSR count). The summed E-state index contributed by atoms with van der Waals surface area (Å²) in [7, 11) is 0. The van der Waals surface area contributed by atoms with Crippen molar-refractivity contribution in [2.45, 2.75) is 45.1 Å². The van der Waals surface area contributed by atoms with Gasteiger partial charge in [0.25, 0.3) is 0 Å². The molecule has 0 bridgehead atoms. The van der Waals surface area contributed by atoms with Crippen molar-refractivity contribution in [1.82, 2.24) is 10.6 Å². The SMILES string of the molecule is CC(CCNC(=O)C1CCCNC1C)c1ccccc1. The molecule has 20 heavy (non-hydrogen) atoms. The van der Waals surface area contributed by atoms with E-state index in [2.05, 4.69) is 48.7 Å². The maximum atomic E-state index is 12.2. The van der Waals surface area contributed by atoms with Gasteiger partial charge in [-0.05, 0) is 44.2 Å². The summed E-state index contributed by atoms with van der Waals surface area (Å²) < 4.78 is 0. The van der Waals surface area contributed by atoms with Crippen molar-refractivity contribution in [2.75, 3.05) is 13.1 Å². The van der Waals surface area contributed by atoms with Crippen LogP contribution in [0.1, 0.15) is 44.6 Å². The standard InChI is InChI=1S/C17H26N2O/c1-13(15-7-4-3-5-8-15)10-12-19-17(20)16-9-6-11-18-14(16)2/h3-5,7-8,13-14,16,18H,6,9-12H2,1-2H3,(H,19,20). The van der Waals surface area contributed by atoms with Crippen LogP contribution in [-0.4, -0.2) is 25.0 Å². The van der Waals surface area contributed by atoms with Gasteiger partial charge in [-0.1, -0.05) is 37.3 Å². The third-order valence-corrected chi connectivity index (χ3v) is 4.34. The van der Waals surface area contributed by atoms with E-state index >= 15 is 0 Å². The van der Waals surface area contributed by atoms with Crippen LogP contribution in [-0.2, 0) is 4.79 Å². The fourth-order valence-electron chi connectivity index (χ4n) is 2.89. The minimum absolute atomic E-state index is 0.135. The molecule has 1 fully saturated rings. The van der Waals surface area contributed by atoms with Gasteiger partial charge >= 0.3 is 0 Å². The Morgan fingerprint density at radius 2 is 2.15 bits per heavy atom. The molecule has 3 nitrogen and oxygen atoms in total. The Labute approximate surface area is 122 Å². The highest BCUT2D eigenvalue weighted by Gasteiger charge is 2.27. The van der Waals surface area contributed by atoms with Crippen LogP contribution < -0.4 is 10.6 Å². The van der Waals surface area contributed by atoms with Gasteiger partial charge in [-0.25, -0.2) is 0 Å². The lowest BCUT2D eigenvalue weighted by molar-refractivity contribution is -0.126. The Bertz CT molecular complexity index is 418. The quantitative estimate of drug-likeness (QED) is 0.867. The zero-order valence-electron chi connectivity index (χ0n) is 12.6. The summed E-state index contributed by atoms with van der Waals surface area (Å²) in [5.74, 6) is 0.833. The van der Waals surface area contributed by atoms with E-state index < -0.39 is 0 Å². The summed E-state index contributed by atoms with van der Waals surface area (Å²) in [5, 5.41) is 6.48. The number of amides is 1. The van der Waals surface area contributed by atoms with Crippen LogP contribution in [0.25, 0.3) is 0 Å². The highest BCUT2D eigenvalue weighted by atomic mass is 16.1. The summed E-state index contributed by atoms with van der Waals surface area (Å²) >= 11 is 0. The lowest BCUT2D eigenvalue weighted by Gasteiger charge is -2.29. The van der Waals surface area contributed by atoms with Gasteiger partial charge in [0, 0.05) is 12.6 Å². The maximum absolute atomic E-state index is 12.2. The molecule has 1 aliphatic rings. The Hall–Kier alpha value is -1.35. The fourth-order valence-corrected chi connectivity index (χ4v) is 2.89. The van der Waals surface area contributed by atoms with Crippen LogP contribution >= 0.6 is 0 Å². The minimum Gasteiger partial charge on any atom is -0.356 e. The third-order valence-electron chi connectivity index (χ3n) is 4.34. The fraction of sp³-hybridized carbons (Fsp3) is 0.588. The molecule has 1 amide bonds. The van der Waals surface area contributed by atoms with Gasteiger partial charge in [0.1, 0.15) is 0 Å². The second-order valence-electron chi connectivity index (χ2n) is 5.88. The molecule has 0 aliphatic carbocycles. The molecule has 110 valence electrons. The maximum Gasteiger partial charge on any atom is 0.224 e. The molecule has 1 saturated heterocycles. The molecule has 3 heteroatoms. The first-order chi connectivity index (χ1) is 9.68. The van der Waals surface area contributed by atoms with Crippen LogP contribution in [0.2, 0.25) is 0 Å². The molecular weight excluding hydrogens is 248 g/mol. The van der Waals surface area contributed by atoms with Crippen LogP contribution in [0.15, 0.2) is 30.3 Å². The molecule has 1 aliphatic heterocycles. The summed E-state index contributed by atoms with van der Waals surface area (Å²) in [6.07, 6.45) is 3.10. The molecule has 0 aromatic heterocycles. The van der Waals surface area contributed by atoms with Crippen molar-refractivity contribution in [3.8, 4) is 0 Å². The van der Waals surface area contributed by atoms with Gasteiger partial charge < -0.3 is 10.6 Å². The number of nitrogens with one attached hydrogen (secondary N) is 2. The van der Waals surface area contributed by atoms with E-state index in [1.54, 1.807) is 0 Å². The van der Waals surface area contributed by atoms with Crippen LogP contribution in [0, 0.1) is 5.92 Å². The summed E-state index contributed by atoms with van der Waals surface area (Å²) in [5.41, 5.74) is 1.34. The molecule has 0 saturated carbocycles. The van der Waals surface area contributed by atoms with Gasteiger partial charge in [-0.15, -0.1) is 0 Å². The number of hydrogen-bond acceptors (Lipinski definition) is 2. The van der Waals surface area contributed by atoms with Crippen molar-refractivity contribution < 1.29 is 4.79 Å². The van der Waals surface area contributed by atoms with Crippen LogP contribution in [0.5, 0.6) is 0 Å². The summed E-state index contributed by atoms with van der Waals surface area (Å²) in [6, 6.07) is 10.8. The Morgan fingerprint density at radius 1 is 1.40 bits per heavy atom. The normalized spacial score (nSPS) is 24.1. The monoisotopic (exact) mass is 274 g/mol. The smallest absolute Gasteiger partial charge is 0.224 e. The van der Waals surface area contributed by atoms with Crippen molar-refractivity contribution >= 4 is 5.91 Å². The molecule has 3 unspecified atom stereocenters. The second-order valence-corrected chi connectivity index (χ2v) is 5.88. The molecule has 0 spiro atoms. The third kappa shape index (κ3) is 4.07. The predicted molar refractivity (Wildman–Crippen MR) is 82.7 cm³/mol. The van der Waals surface area contributed by atoms with E-state index in [4.69, 9.17) is 0 Å². The van der Waals surface area contributed by atoms with E-state index in [1.165, 1.54) is 5.56 Å². The number of piperidine rings is 1. The number of carbonyl (C=O) groups is 1. The van der Waals surface area contributed by atoms with Gasteiger partial charge in [0.2, 0.25) is 5.91 Å². The van der Waals surface area contributed by atoms with Crippen molar-refractivity contribution in [3.05, 3.63) is 35.9 Å². The van der Waals surface area contributed by atoms with Crippen molar-refractivity contribution in [2.24, 2.45) is 5.92 Å². The van der Waals surface area contributed by atoms with Gasteiger partial charge in [0.15, 0.2) is 0 Å². The first kappa shape index (κ1) is 15.0. The lowest BCUT2D eigenvalue weighted by atomic mass is 9.91. The molecule has 1 aromatic carbocycles. The van der Waals surface area contributed by atoms with E-state index in [9.17, 15) is 4.79 Å². The van der Waals surface area contributed by atoms with E-state index in [-0.39, 0.29) is 11.8 Å². The van der Waals surface area contributed by atoms with Crippen LogP contribution in [0.3, 0.4) is 0 Å². The Balaban J connectivity index is 1.74. The molecule has 1 aromatic rings. The van der Waals surface area contributed by atoms with E-state index in [1.807, 2.05) is 6.07 Å². The average Bonchev–Trinajstić information content (AvgIpc) is 2.48. The number of carbonyl (C=O) groups excluding carboxylic acids is 1. The zero-order valence-corrected chi connectivity index (χ0v) is 12.6. The topological polar surface area (TPSA) is 41.1 Å². The number of hydrogen-bond donors (Lipinski definition) is 2. The average molecular weight is 274 g/mol. The second kappa shape index (κ2) is 7.44. The molecule has 1 heterocycles. The molecule has 3 atom stereocenters. The predicted octanol–water partition coefficient (Wildman–Crippen LogP) is 2.68. The minimum atomic E-state index is 0.135. The first-order valence-electron chi connectivity index (χ1n) is 7.74. The molecule has 0 radical (unpaired) electrons. The van der Waals surface area contributed by atoms with Gasteiger partial charge in [-0.2, -0.15) is 0 Å². The number of benzene rings is 1. The van der Waals surface area contributed by atoms with Crippen LogP contribution in [0.4, 0.5) is 0 Å². The highest BCUT2D eigenvalue weighted by molar-refractivity contribution is 5.79. The van der Waals surface area contributed by atoms with E-state index in [0.29, 0.717) is 12.0 Å². The zero-order chi connectivity index (χ0) is 14.4. The Kier molecular flexibility index (Phi) is 5.60. The highest BCUT2D eigenvalue weighted by Crippen LogP contribution is 2.19. The summed E-state index contributed by atoms with van der Waals surface area (Å²) in [4.78, 5) is 12.2. The van der Waals surface area contributed by atoms with Gasteiger partial charge in [0.05, 0.1) is 5.92 Å². The Morgan fingerprint density at radius 3 is 2.85 bits per heavy atom. The lowest BCUT2D eigenvalue weighted by Crippen LogP contribution is -2.46. The van der Waals surface area contributed by atoms with Gasteiger partial charge in [-0.3, -0.25) is 4.79 Å². The first-order valence-corrected chi connectivity index (χ1v) is 7.74. The largest absolute Gasteiger partial charge is 0.356 e. The number of rotatable bonds is 5. The van der Waals surface area contributed by atoms with E-state index in [0.717, 1.165) is 32.4 Å². The molecular formula is C17H26N2O. The molecule has 2 N–H and O–H groups in total. The summed E-state index contributed by atoms with van der Waals surface area (Å²) in [6.45, 7) is 6.12. The van der Waals surface area contributed by atoms with Crippen molar-refractivity contribution in [1.29, 1.82) is 0 Å². The van der Waals surface area contributed by atoms with Crippen molar-refractivity contribution in [3.63, 3.8) is 0 Å².